The van der Waals surface area contributed by atoms with Crippen molar-refractivity contribution in [3.8, 4) is 0 Å². The zero-order valence-corrected chi connectivity index (χ0v) is 12.5. The SMILES string of the molecule is Fc1ccc(C(F)(c2ccc(F)cc2)c2ccc(F)c(F)c2F)cc1. The third kappa shape index (κ3) is 2.88. The van der Waals surface area contributed by atoms with Gasteiger partial charge in [-0.3, -0.25) is 0 Å². The lowest BCUT2D eigenvalue weighted by Crippen LogP contribution is -2.26. The molecule has 0 saturated heterocycles. The maximum absolute atomic E-state index is 16.1. The van der Waals surface area contributed by atoms with Crippen molar-refractivity contribution in [1.82, 2.24) is 0 Å². The Morgan fingerprint density at radius 3 is 1.40 bits per heavy atom. The lowest BCUT2D eigenvalue weighted by molar-refractivity contribution is 0.266. The Bertz CT molecular complexity index is 855. The lowest BCUT2D eigenvalue weighted by atomic mass is 9.81. The molecule has 0 aliphatic rings. The first-order chi connectivity index (χ1) is 11.8. The van der Waals surface area contributed by atoms with Gasteiger partial charge in [0, 0.05) is 5.56 Å². The number of benzene rings is 3. The van der Waals surface area contributed by atoms with Gasteiger partial charge in [-0.05, 0) is 47.5 Å². The highest BCUT2D eigenvalue weighted by molar-refractivity contribution is 5.48. The van der Waals surface area contributed by atoms with Gasteiger partial charge < -0.3 is 0 Å². The molecule has 0 N–H and O–H groups in total. The smallest absolute Gasteiger partial charge is 0.194 e. The van der Waals surface area contributed by atoms with E-state index in [4.69, 9.17) is 0 Å². The van der Waals surface area contributed by atoms with Gasteiger partial charge in [0.05, 0.1) is 0 Å². The van der Waals surface area contributed by atoms with E-state index in [1.807, 2.05) is 0 Å². The molecule has 0 spiro atoms. The third-order valence-electron chi connectivity index (χ3n) is 3.89. The molecule has 0 heterocycles. The molecular formula is C19H10F6. The van der Waals surface area contributed by atoms with Gasteiger partial charge in [-0.25, -0.2) is 26.3 Å². The van der Waals surface area contributed by atoms with E-state index >= 15 is 4.39 Å². The molecule has 0 saturated carbocycles. The molecule has 0 amide bonds. The number of rotatable bonds is 3. The Morgan fingerprint density at radius 2 is 0.960 bits per heavy atom. The summed E-state index contributed by atoms with van der Waals surface area (Å²) in [4.78, 5) is 0. The summed E-state index contributed by atoms with van der Waals surface area (Å²) < 4.78 is 83.5. The van der Waals surface area contributed by atoms with Crippen molar-refractivity contribution in [2.75, 3.05) is 0 Å². The van der Waals surface area contributed by atoms with Crippen LogP contribution in [0.2, 0.25) is 0 Å². The van der Waals surface area contributed by atoms with E-state index in [1.54, 1.807) is 0 Å². The maximum Gasteiger partial charge on any atom is 0.194 e. The predicted molar refractivity (Wildman–Crippen MR) is 80.1 cm³/mol. The van der Waals surface area contributed by atoms with Crippen molar-refractivity contribution in [2.45, 2.75) is 5.67 Å². The standard InChI is InChI=1S/C19H10F6/c20-13-5-1-11(2-6-13)19(25,12-3-7-14(21)8-4-12)15-9-10-16(22)18(24)17(15)23/h1-10H. The number of hydrogen-bond donors (Lipinski definition) is 0. The maximum atomic E-state index is 16.1. The summed E-state index contributed by atoms with van der Waals surface area (Å²) in [6.07, 6.45) is 0. The fraction of sp³-hybridized carbons (Fsp3) is 0.0526. The Labute approximate surface area is 139 Å². The van der Waals surface area contributed by atoms with Gasteiger partial charge in [0.25, 0.3) is 0 Å². The average Bonchev–Trinajstić information content (AvgIpc) is 2.60. The van der Waals surface area contributed by atoms with E-state index in [1.165, 1.54) is 0 Å². The molecule has 0 radical (unpaired) electrons. The molecule has 3 rings (SSSR count). The second-order valence-electron chi connectivity index (χ2n) is 5.40. The fourth-order valence-corrected chi connectivity index (χ4v) is 2.63. The van der Waals surface area contributed by atoms with Gasteiger partial charge in [0.1, 0.15) is 11.6 Å². The van der Waals surface area contributed by atoms with Crippen LogP contribution in [0.4, 0.5) is 26.3 Å². The summed E-state index contributed by atoms with van der Waals surface area (Å²) in [5.74, 6) is -6.33. The molecule has 0 fully saturated rings. The second-order valence-corrected chi connectivity index (χ2v) is 5.40. The third-order valence-corrected chi connectivity index (χ3v) is 3.89. The number of halogens is 6. The molecule has 0 unspecified atom stereocenters. The van der Waals surface area contributed by atoms with Crippen molar-refractivity contribution in [3.63, 3.8) is 0 Å². The van der Waals surface area contributed by atoms with Crippen LogP contribution in [0.1, 0.15) is 16.7 Å². The Morgan fingerprint density at radius 1 is 0.520 bits per heavy atom. The molecule has 0 nitrogen and oxygen atoms in total. The zero-order valence-electron chi connectivity index (χ0n) is 12.5. The minimum absolute atomic E-state index is 0.217. The van der Waals surface area contributed by atoms with Crippen molar-refractivity contribution < 1.29 is 26.3 Å². The van der Waals surface area contributed by atoms with Crippen molar-refractivity contribution in [1.29, 1.82) is 0 Å². The highest BCUT2D eigenvalue weighted by Crippen LogP contribution is 2.42. The van der Waals surface area contributed by atoms with Crippen LogP contribution in [0.3, 0.4) is 0 Å². The topological polar surface area (TPSA) is 0 Å². The summed E-state index contributed by atoms with van der Waals surface area (Å²) in [5, 5.41) is 0. The highest BCUT2D eigenvalue weighted by atomic mass is 19.2. The number of alkyl halides is 1. The summed E-state index contributed by atoms with van der Waals surface area (Å²) in [6.45, 7) is 0. The molecule has 0 atom stereocenters. The monoisotopic (exact) mass is 352 g/mol. The normalized spacial score (nSPS) is 11.6. The predicted octanol–water partition coefficient (Wildman–Crippen LogP) is 5.64. The van der Waals surface area contributed by atoms with E-state index in [0.717, 1.165) is 54.6 Å². The zero-order chi connectivity index (χ0) is 18.2. The van der Waals surface area contributed by atoms with Crippen molar-refractivity contribution >= 4 is 0 Å². The molecule has 0 aromatic heterocycles. The van der Waals surface area contributed by atoms with E-state index in [2.05, 4.69) is 0 Å². The fourth-order valence-electron chi connectivity index (χ4n) is 2.63. The van der Waals surface area contributed by atoms with Crippen LogP contribution in [0.15, 0.2) is 60.7 Å². The number of hydrogen-bond acceptors (Lipinski definition) is 0. The molecule has 128 valence electrons. The highest BCUT2D eigenvalue weighted by Gasteiger charge is 2.40. The summed E-state index contributed by atoms with van der Waals surface area (Å²) in [7, 11) is 0. The lowest BCUT2D eigenvalue weighted by Gasteiger charge is -2.28. The van der Waals surface area contributed by atoms with E-state index in [9.17, 15) is 22.0 Å². The van der Waals surface area contributed by atoms with E-state index in [-0.39, 0.29) is 11.1 Å². The van der Waals surface area contributed by atoms with Crippen LogP contribution >= 0.6 is 0 Å². The molecule has 0 aliphatic carbocycles. The van der Waals surface area contributed by atoms with Gasteiger partial charge in [0.2, 0.25) is 0 Å². The first-order valence-corrected chi connectivity index (χ1v) is 7.19. The van der Waals surface area contributed by atoms with Crippen LogP contribution in [0.5, 0.6) is 0 Å². The van der Waals surface area contributed by atoms with Crippen LogP contribution in [0, 0.1) is 29.1 Å². The molecule has 0 bridgehead atoms. The van der Waals surface area contributed by atoms with Gasteiger partial charge in [0.15, 0.2) is 23.1 Å². The molecule has 6 heteroatoms. The van der Waals surface area contributed by atoms with Gasteiger partial charge in [-0.15, -0.1) is 0 Å². The Balaban J connectivity index is 2.31. The van der Waals surface area contributed by atoms with E-state index < -0.39 is 40.3 Å². The Kier molecular flexibility index (Phi) is 4.29. The minimum atomic E-state index is -2.78. The summed E-state index contributed by atoms with van der Waals surface area (Å²) in [5.41, 5.74) is -4.01. The first kappa shape index (κ1) is 17.1. The van der Waals surface area contributed by atoms with Crippen molar-refractivity contribution in [3.05, 3.63) is 106 Å². The van der Waals surface area contributed by atoms with Gasteiger partial charge >= 0.3 is 0 Å². The molecule has 3 aromatic carbocycles. The summed E-state index contributed by atoms with van der Waals surface area (Å²) >= 11 is 0. The van der Waals surface area contributed by atoms with Crippen LogP contribution in [0.25, 0.3) is 0 Å². The van der Waals surface area contributed by atoms with Gasteiger partial charge in [-0.2, -0.15) is 0 Å². The van der Waals surface area contributed by atoms with Gasteiger partial charge in [-0.1, -0.05) is 24.3 Å². The summed E-state index contributed by atoms with van der Waals surface area (Å²) in [6, 6.07) is 9.37. The van der Waals surface area contributed by atoms with Crippen molar-refractivity contribution in [2.24, 2.45) is 0 Å². The molecule has 0 aliphatic heterocycles. The Hall–Kier alpha value is -2.76. The van der Waals surface area contributed by atoms with Crippen LogP contribution < -0.4 is 0 Å². The second kappa shape index (κ2) is 6.27. The van der Waals surface area contributed by atoms with Crippen LogP contribution in [-0.4, -0.2) is 0 Å². The minimum Gasteiger partial charge on any atom is -0.228 e. The molecular weight excluding hydrogens is 342 g/mol. The largest absolute Gasteiger partial charge is 0.228 e. The first-order valence-electron chi connectivity index (χ1n) is 7.19. The quantitative estimate of drug-likeness (QED) is 0.325. The average molecular weight is 352 g/mol. The molecule has 25 heavy (non-hydrogen) atoms. The van der Waals surface area contributed by atoms with Crippen LogP contribution in [-0.2, 0) is 5.67 Å². The molecule has 3 aromatic rings. The van der Waals surface area contributed by atoms with E-state index in [0.29, 0.717) is 6.07 Å².